The van der Waals surface area contributed by atoms with Crippen LogP contribution in [0.1, 0.15) is 53.6 Å². The van der Waals surface area contributed by atoms with Gasteiger partial charge < -0.3 is 15.5 Å². The predicted molar refractivity (Wildman–Crippen MR) is 135 cm³/mol. The first kappa shape index (κ1) is 23.5. The maximum Gasteiger partial charge on any atom is 0.253 e. The molecule has 1 aliphatic rings. The van der Waals surface area contributed by atoms with E-state index in [1.165, 1.54) is 0 Å². The SMILES string of the molecule is CC[C@@H](C(=O)NC1CCN(c2ccccc2C(=O)NCc2cccnc2)CC1)c1ccccc1. The van der Waals surface area contributed by atoms with Gasteiger partial charge in [0, 0.05) is 43.8 Å². The lowest BCUT2D eigenvalue weighted by atomic mass is 9.94. The third-order valence-corrected chi connectivity index (χ3v) is 6.43. The van der Waals surface area contributed by atoms with Gasteiger partial charge in [-0.25, -0.2) is 0 Å². The molecule has 6 heteroatoms. The molecule has 34 heavy (non-hydrogen) atoms. The van der Waals surface area contributed by atoms with E-state index in [9.17, 15) is 9.59 Å². The van der Waals surface area contributed by atoms with E-state index < -0.39 is 0 Å². The smallest absolute Gasteiger partial charge is 0.253 e. The minimum atomic E-state index is -0.122. The van der Waals surface area contributed by atoms with Gasteiger partial charge in [0.2, 0.25) is 5.91 Å². The van der Waals surface area contributed by atoms with Crippen LogP contribution in [0.5, 0.6) is 0 Å². The normalized spacial score (nSPS) is 14.9. The molecule has 4 rings (SSSR count). The molecule has 6 nitrogen and oxygen atoms in total. The first-order valence-electron chi connectivity index (χ1n) is 12.0. The standard InChI is InChI=1S/C28H32N4O2/c1-2-24(22-10-4-3-5-11-22)28(34)31-23-14-17-32(18-15-23)26-13-7-6-12-25(26)27(33)30-20-21-9-8-16-29-19-21/h3-13,16,19,23-24H,2,14-15,17-18,20H2,1H3,(H,30,33)(H,31,34)/t24-/m1/s1. The lowest BCUT2D eigenvalue weighted by molar-refractivity contribution is -0.123. The van der Waals surface area contributed by atoms with Crippen LogP contribution in [0.4, 0.5) is 5.69 Å². The summed E-state index contributed by atoms with van der Waals surface area (Å²) < 4.78 is 0. The quantitative estimate of drug-likeness (QED) is 0.530. The maximum atomic E-state index is 12.9. The second-order valence-corrected chi connectivity index (χ2v) is 8.70. The lowest BCUT2D eigenvalue weighted by Gasteiger charge is -2.35. The van der Waals surface area contributed by atoms with Gasteiger partial charge in [-0.05, 0) is 48.6 Å². The molecular formula is C28H32N4O2. The fourth-order valence-electron chi connectivity index (χ4n) is 4.55. The molecule has 1 aromatic heterocycles. The molecule has 0 aliphatic carbocycles. The predicted octanol–water partition coefficient (Wildman–Crippen LogP) is 4.29. The van der Waals surface area contributed by atoms with Crippen molar-refractivity contribution in [3.63, 3.8) is 0 Å². The first-order chi connectivity index (χ1) is 16.7. The zero-order valence-corrected chi connectivity index (χ0v) is 19.6. The molecular weight excluding hydrogens is 424 g/mol. The number of hydrogen-bond acceptors (Lipinski definition) is 4. The minimum absolute atomic E-state index is 0.0940. The molecule has 0 spiro atoms. The van der Waals surface area contributed by atoms with Crippen LogP contribution in [0.25, 0.3) is 0 Å². The molecule has 1 atom stereocenters. The summed E-state index contributed by atoms with van der Waals surface area (Å²) in [7, 11) is 0. The van der Waals surface area contributed by atoms with E-state index in [0.29, 0.717) is 12.1 Å². The zero-order valence-electron chi connectivity index (χ0n) is 19.6. The van der Waals surface area contributed by atoms with Crippen LogP contribution in [-0.2, 0) is 11.3 Å². The van der Waals surface area contributed by atoms with Gasteiger partial charge in [-0.2, -0.15) is 0 Å². The molecule has 1 saturated heterocycles. The van der Waals surface area contributed by atoms with Crippen LogP contribution >= 0.6 is 0 Å². The molecule has 0 unspecified atom stereocenters. The summed E-state index contributed by atoms with van der Waals surface area (Å²) in [5, 5.41) is 6.27. The Labute approximate surface area is 201 Å². The monoisotopic (exact) mass is 456 g/mol. The first-order valence-corrected chi connectivity index (χ1v) is 12.0. The Morgan fingerprint density at radius 3 is 2.44 bits per heavy atom. The Balaban J connectivity index is 1.34. The van der Waals surface area contributed by atoms with E-state index in [2.05, 4.69) is 27.4 Å². The van der Waals surface area contributed by atoms with Gasteiger partial charge in [0.25, 0.3) is 5.91 Å². The van der Waals surface area contributed by atoms with E-state index in [1.54, 1.807) is 12.4 Å². The number of aromatic nitrogens is 1. The highest BCUT2D eigenvalue weighted by Crippen LogP contribution is 2.25. The highest BCUT2D eigenvalue weighted by molar-refractivity contribution is 5.99. The Hall–Kier alpha value is -3.67. The van der Waals surface area contributed by atoms with Crippen molar-refractivity contribution in [2.45, 2.75) is 44.7 Å². The van der Waals surface area contributed by atoms with Gasteiger partial charge in [0.15, 0.2) is 0 Å². The minimum Gasteiger partial charge on any atom is -0.371 e. The van der Waals surface area contributed by atoms with Crippen molar-refractivity contribution in [2.24, 2.45) is 0 Å². The van der Waals surface area contributed by atoms with E-state index in [4.69, 9.17) is 0 Å². The Morgan fingerprint density at radius 1 is 1.00 bits per heavy atom. The zero-order chi connectivity index (χ0) is 23.8. The van der Waals surface area contributed by atoms with Crippen LogP contribution in [0, 0.1) is 0 Å². The van der Waals surface area contributed by atoms with Crippen LogP contribution in [-0.4, -0.2) is 35.9 Å². The van der Waals surface area contributed by atoms with Gasteiger partial charge in [-0.1, -0.05) is 55.5 Å². The number of rotatable bonds is 8. The fraction of sp³-hybridized carbons (Fsp3) is 0.321. The van der Waals surface area contributed by atoms with Crippen LogP contribution in [0.2, 0.25) is 0 Å². The number of carbonyl (C=O) groups excluding carboxylic acids is 2. The second kappa shape index (κ2) is 11.5. The highest BCUT2D eigenvalue weighted by atomic mass is 16.2. The average molecular weight is 457 g/mol. The summed E-state index contributed by atoms with van der Waals surface area (Å²) in [5.41, 5.74) is 3.63. The fourth-order valence-corrected chi connectivity index (χ4v) is 4.55. The Kier molecular flexibility index (Phi) is 7.91. The second-order valence-electron chi connectivity index (χ2n) is 8.70. The van der Waals surface area contributed by atoms with E-state index in [1.807, 2.05) is 66.7 Å². The third kappa shape index (κ3) is 5.81. The molecule has 0 bridgehead atoms. The van der Waals surface area contributed by atoms with Crippen molar-refractivity contribution in [1.29, 1.82) is 0 Å². The van der Waals surface area contributed by atoms with Gasteiger partial charge >= 0.3 is 0 Å². The molecule has 3 aromatic rings. The summed E-state index contributed by atoms with van der Waals surface area (Å²) in [5.74, 6) is -0.116. The van der Waals surface area contributed by atoms with Crippen LogP contribution in [0.3, 0.4) is 0 Å². The summed E-state index contributed by atoms with van der Waals surface area (Å²) >= 11 is 0. The number of amides is 2. The molecule has 2 aromatic carbocycles. The lowest BCUT2D eigenvalue weighted by Crippen LogP contribution is -2.46. The summed E-state index contributed by atoms with van der Waals surface area (Å²) in [6.07, 6.45) is 5.95. The van der Waals surface area contributed by atoms with Crippen molar-refractivity contribution in [1.82, 2.24) is 15.6 Å². The molecule has 0 radical (unpaired) electrons. The number of pyridine rings is 1. The van der Waals surface area contributed by atoms with E-state index >= 15 is 0 Å². The number of para-hydroxylation sites is 1. The van der Waals surface area contributed by atoms with Gasteiger partial charge in [-0.3, -0.25) is 14.6 Å². The van der Waals surface area contributed by atoms with Gasteiger partial charge in [0.1, 0.15) is 0 Å². The highest BCUT2D eigenvalue weighted by Gasteiger charge is 2.26. The largest absolute Gasteiger partial charge is 0.371 e. The Morgan fingerprint density at radius 2 is 1.74 bits per heavy atom. The van der Waals surface area contributed by atoms with Crippen molar-refractivity contribution < 1.29 is 9.59 Å². The Bertz CT molecular complexity index is 1080. The molecule has 2 N–H and O–H groups in total. The molecule has 2 heterocycles. The van der Waals surface area contributed by atoms with Gasteiger partial charge in [-0.15, -0.1) is 0 Å². The summed E-state index contributed by atoms with van der Waals surface area (Å²) in [6.45, 7) is 4.07. The number of benzene rings is 2. The number of carbonyl (C=O) groups is 2. The van der Waals surface area contributed by atoms with Crippen molar-refractivity contribution in [3.05, 3.63) is 95.8 Å². The number of anilines is 1. The molecule has 176 valence electrons. The van der Waals surface area contributed by atoms with Crippen LogP contribution < -0.4 is 15.5 Å². The van der Waals surface area contributed by atoms with Crippen LogP contribution in [0.15, 0.2) is 79.1 Å². The molecule has 0 saturated carbocycles. The number of nitrogens with one attached hydrogen (secondary N) is 2. The van der Waals surface area contributed by atoms with Crippen molar-refractivity contribution in [2.75, 3.05) is 18.0 Å². The van der Waals surface area contributed by atoms with Gasteiger partial charge in [0.05, 0.1) is 11.5 Å². The summed E-state index contributed by atoms with van der Waals surface area (Å²) in [6, 6.07) is 21.7. The maximum absolute atomic E-state index is 12.9. The average Bonchev–Trinajstić information content (AvgIpc) is 2.89. The summed E-state index contributed by atoms with van der Waals surface area (Å²) in [4.78, 5) is 32.2. The van der Waals surface area contributed by atoms with E-state index in [0.717, 1.165) is 49.2 Å². The third-order valence-electron chi connectivity index (χ3n) is 6.43. The number of nitrogens with zero attached hydrogens (tertiary/aromatic N) is 2. The molecule has 1 fully saturated rings. The van der Waals surface area contributed by atoms with Crippen molar-refractivity contribution in [3.8, 4) is 0 Å². The number of piperidine rings is 1. The van der Waals surface area contributed by atoms with Crippen molar-refractivity contribution >= 4 is 17.5 Å². The number of hydrogen-bond donors (Lipinski definition) is 2. The molecule has 2 amide bonds. The topological polar surface area (TPSA) is 74.3 Å². The molecule has 1 aliphatic heterocycles. The van der Waals surface area contributed by atoms with E-state index in [-0.39, 0.29) is 23.8 Å².